The van der Waals surface area contributed by atoms with Gasteiger partial charge in [0.15, 0.2) is 4.77 Å². The van der Waals surface area contributed by atoms with Gasteiger partial charge in [-0.25, -0.2) is 0 Å². The Hall–Kier alpha value is -2.13. The minimum atomic E-state index is -0.385. The van der Waals surface area contributed by atoms with Crippen molar-refractivity contribution in [3.05, 3.63) is 28.5 Å². The molecule has 1 N–H and O–H groups in total. The van der Waals surface area contributed by atoms with Crippen molar-refractivity contribution >= 4 is 29.2 Å². The quantitative estimate of drug-likeness (QED) is 0.648. The van der Waals surface area contributed by atoms with E-state index in [0.29, 0.717) is 15.9 Å². The van der Waals surface area contributed by atoms with Crippen molar-refractivity contribution < 1.29 is 9.53 Å². The van der Waals surface area contributed by atoms with Crippen LogP contribution in [-0.2, 0) is 16.1 Å². The topological polar surface area (TPSA) is 70.8 Å². The molecule has 0 amide bonds. The molecule has 1 aromatic carbocycles. The fourth-order valence-electron chi connectivity index (χ4n) is 1.62. The maximum Gasteiger partial charge on any atom is 0.325 e. The zero-order valence-corrected chi connectivity index (χ0v) is 9.87. The second kappa shape index (κ2) is 4.39. The van der Waals surface area contributed by atoms with Crippen molar-refractivity contribution in [2.75, 3.05) is 7.11 Å². The van der Waals surface area contributed by atoms with Gasteiger partial charge in [0.1, 0.15) is 12.6 Å². The molecule has 86 valence electrons. The minimum Gasteiger partial charge on any atom is -0.468 e. The van der Waals surface area contributed by atoms with Gasteiger partial charge in [0.05, 0.1) is 23.7 Å². The van der Waals surface area contributed by atoms with Gasteiger partial charge in [0.2, 0.25) is 0 Å². The highest BCUT2D eigenvalue weighted by Gasteiger charge is 2.10. The molecule has 0 fully saturated rings. The van der Waals surface area contributed by atoms with E-state index in [9.17, 15) is 4.79 Å². The fraction of sp³-hybridized carbons (Fsp3) is 0.182. The number of aromatic nitrogens is 2. The molecule has 0 saturated heterocycles. The molecule has 2 aromatic rings. The Kier molecular flexibility index (Phi) is 2.93. The summed E-state index contributed by atoms with van der Waals surface area (Å²) in [6, 6.07) is 7.31. The molecule has 17 heavy (non-hydrogen) atoms. The maximum atomic E-state index is 11.3. The van der Waals surface area contributed by atoms with Crippen LogP contribution in [-0.4, -0.2) is 22.6 Å². The van der Waals surface area contributed by atoms with Gasteiger partial charge in [-0.3, -0.25) is 4.79 Å². The highest BCUT2D eigenvalue weighted by molar-refractivity contribution is 7.71. The van der Waals surface area contributed by atoms with Gasteiger partial charge < -0.3 is 14.3 Å². The van der Waals surface area contributed by atoms with E-state index in [-0.39, 0.29) is 12.5 Å². The first kappa shape index (κ1) is 11.4. The molecule has 5 nitrogen and oxygen atoms in total. The Morgan fingerprint density at radius 2 is 2.41 bits per heavy atom. The van der Waals surface area contributed by atoms with Crippen LogP contribution in [0.2, 0.25) is 0 Å². The summed E-state index contributed by atoms with van der Waals surface area (Å²) in [5, 5.41) is 8.96. The predicted molar refractivity (Wildman–Crippen MR) is 63.9 cm³/mol. The average Bonchev–Trinajstić information content (AvgIpc) is 2.66. The van der Waals surface area contributed by atoms with Crippen molar-refractivity contribution in [1.82, 2.24) is 9.55 Å². The van der Waals surface area contributed by atoms with E-state index in [2.05, 4.69) is 15.8 Å². The molecular formula is C11H9N3O2S. The lowest BCUT2D eigenvalue weighted by molar-refractivity contribution is -0.141. The Labute approximate surface area is 102 Å². The lowest BCUT2D eigenvalue weighted by atomic mass is 10.2. The van der Waals surface area contributed by atoms with Crippen molar-refractivity contribution in [3.8, 4) is 6.07 Å². The number of fused-ring (bicyclic) bond motifs is 1. The summed E-state index contributed by atoms with van der Waals surface area (Å²) in [6.07, 6.45) is 0. The standard InChI is InChI=1S/C11H9N3O2S/c1-16-9(15)6-14-8-4-2-3-7(5-12)10(8)13-11(14)17/h2-4H,6H2,1H3,(H,13,17). The van der Waals surface area contributed by atoms with Crippen LogP contribution < -0.4 is 0 Å². The number of aromatic amines is 1. The number of methoxy groups -OCH3 is 1. The van der Waals surface area contributed by atoms with Gasteiger partial charge in [-0.1, -0.05) is 6.07 Å². The fourth-order valence-corrected chi connectivity index (χ4v) is 1.89. The number of H-pyrrole nitrogens is 1. The Balaban J connectivity index is 2.65. The number of esters is 1. The molecule has 0 aliphatic rings. The van der Waals surface area contributed by atoms with Crippen LogP contribution in [0.1, 0.15) is 5.56 Å². The number of nitriles is 1. The average molecular weight is 247 g/mol. The number of hydrogen-bond donors (Lipinski definition) is 1. The van der Waals surface area contributed by atoms with Crippen LogP contribution in [0.3, 0.4) is 0 Å². The minimum absolute atomic E-state index is 0.0320. The first-order chi connectivity index (χ1) is 8.17. The van der Waals surface area contributed by atoms with Gasteiger partial charge in [-0.05, 0) is 24.4 Å². The second-order valence-electron chi connectivity index (χ2n) is 3.40. The largest absolute Gasteiger partial charge is 0.468 e. The predicted octanol–water partition coefficient (Wildman–Crippen LogP) is 1.74. The molecule has 0 bridgehead atoms. The molecule has 0 unspecified atom stereocenters. The number of carbonyl (C=O) groups is 1. The van der Waals surface area contributed by atoms with Crippen molar-refractivity contribution in [1.29, 1.82) is 5.26 Å². The third kappa shape index (κ3) is 1.92. The molecular weight excluding hydrogens is 238 g/mol. The molecule has 1 aromatic heterocycles. The summed E-state index contributed by atoms with van der Waals surface area (Å²) in [6.45, 7) is 0.0320. The molecule has 0 spiro atoms. The van der Waals surface area contributed by atoms with E-state index >= 15 is 0 Å². The number of benzene rings is 1. The summed E-state index contributed by atoms with van der Waals surface area (Å²) in [5.74, 6) is -0.385. The summed E-state index contributed by atoms with van der Waals surface area (Å²) < 4.78 is 6.60. The molecule has 0 saturated carbocycles. The SMILES string of the molecule is COC(=O)Cn1c(=S)[nH]c2c(C#N)cccc21. The summed E-state index contributed by atoms with van der Waals surface area (Å²) in [4.78, 5) is 14.2. The zero-order valence-electron chi connectivity index (χ0n) is 9.06. The van der Waals surface area contributed by atoms with Crippen LogP contribution in [0.4, 0.5) is 0 Å². The van der Waals surface area contributed by atoms with Gasteiger partial charge in [-0.2, -0.15) is 5.26 Å². The molecule has 0 atom stereocenters. The van der Waals surface area contributed by atoms with Gasteiger partial charge >= 0.3 is 5.97 Å². The Morgan fingerprint density at radius 1 is 1.65 bits per heavy atom. The third-order valence-corrected chi connectivity index (χ3v) is 2.77. The monoisotopic (exact) mass is 247 g/mol. The number of carbonyl (C=O) groups excluding carboxylic acids is 1. The summed E-state index contributed by atoms with van der Waals surface area (Å²) >= 11 is 5.12. The van der Waals surface area contributed by atoms with Gasteiger partial charge in [0, 0.05) is 0 Å². The highest BCUT2D eigenvalue weighted by Crippen LogP contribution is 2.17. The van der Waals surface area contributed by atoms with Crippen molar-refractivity contribution in [3.63, 3.8) is 0 Å². The van der Waals surface area contributed by atoms with E-state index in [1.807, 2.05) is 0 Å². The number of hydrogen-bond acceptors (Lipinski definition) is 4. The number of rotatable bonds is 2. The van der Waals surface area contributed by atoms with E-state index in [4.69, 9.17) is 17.5 Å². The lowest BCUT2D eigenvalue weighted by Crippen LogP contribution is -2.11. The van der Waals surface area contributed by atoms with E-state index in [1.54, 1.807) is 22.8 Å². The highest BCUT2D eigenvalue weighted by atomic mass is 32.1. The molecule has 0 radical (unpaired) electrons. The lowest BCUT2D eigenvalue weighted by Gasteiger charge is -2.02. The summed E-state index contributed by atoms with van der Waals surface area (Å²) in [7, 11) is 1.32. The maximum absolute atomic E-state index is 11.3. The number of ether oxygens (including phenoxy) is 1. The van der Waals surface area contributed by atoms with E-state index < -0.39 is 0 Å². The Morgan fingerprint density at radius 3 is 3.06 bits per heavy atom. The van der Waals surface area contributed by atoms with E-state index in [1.165, 1.54) is 7.11 Å². The smallest absolute Gasteiger partial charge is 0.325 e. The van der Waals surface area contributed by atoms with Gasteiger partial charge in [0.25, 0.3) is 0 Å². The number of nitrogens with zero attached hydrogens (tertiary/aromatic N) is 2. The van der Waals surface area contributed by atoms with Gasteiger partial charge in [-0.15, -0.1) is 0 Å². The number of imidazole rings is 1. The molecule has 2 rings (SSSR count). The first-order valence-electron chi connectivity index (χ1n) is 4.86. The Bertz CT molecular complexity index is 678. The van der Waals surface area contributed by atoms with E-state index in [0.717, 1.165) is 5.52 Å². The van der Waals surface area contributed by atoms with Crippen molar-refractivity contribution in [2.24, 2.45) is 0 Å². The second-order valence-corrected chi connectivity index (χ2v) is 3.79. The third-order valence-electron chi connectivity index (χ3n) is 2.45. The first-order valence-corrected chi connectivity index (χ1v) is 5.26. The molecule has 1 heterocycles. The zero-order chi connectivity index (χ0) is 12.4. The van der Waals surface area contributed by atoms with Crippen LogP contribution in [0.15, 0.2) is 18.2 Å². The number of para-hydroxylation sites is 1. The van der Waals surface area contributed by atoms with Crippen LogP contribution in [0, 0.1) is 16.1 Å². The summed E-state index contributed by atoms with van der Waals surface area (Å²) in [5.41, 5.74) is 1.86. The van der Waals surface area contributed by atoms with Crippen LogP contribution in [0.25, 0.3) is 11.0 Å². The number of nitrogens with one attached hydrogen (secondary N) is 1. The molecule has 0 aliphatic heterocycles. The molecule has 0 aliphatic carbocycles. The normalized spacial score (nSPS) is 10.1. The van der Waals surface area contributed by atoms with Crippen molar-refractivity contribution in [2.45, 2.75) is 6.54 Å². The molecule has 6 heteroatoms. The van der Waals surface area contributed by atoms with Crippen LogP contribution >= 0.6 is 12.2 Å². The van der Waals surface area contributed by atoms with Crippen LogP contribution in [0.5, 0.6) is 0 Å².